The summed E-state index contributed by atoms with van der Waals surface area (Å²) in [5.41, 5.74) is 3.37. The van der Waals surface area contributed by atoms with Gasteiger partial charge in [0.05, 0.1) is 11.9 Å². The van der Waals surface area contributed by atoms with Gasteiger partial charge in [-0.05, 0) is 11.8 Å². The average Bonchev–Trinajstić information content (AvgIpc) is 2.95. The highest BCUT2D eigenvalue weighted by molar-refractivity contribution is 7.80. The molecule has 17 heavy (non-hydrogen) atoms. The van der Waals surface area contributed by atoms with Crippen molar-refractivity contribution < 1.29 is 0 Å². The molecule has 3 aromatic rings. The van der Waals surface area contributed by atoms with E-state index >= 15 is 0 Å². The fraction of sp³-hybridized carbons (Fsp3) is 0.154. The van der Waals surface area contributed by atoms with Gasteiger partial charge in [0, 0.05) is 29.1 Å². The fourth-order valence-electron chi connectivity index (χ4n) is 2.03. The zero-order valence-corrected chi connectivity index (χ0v) is 10.2. The summed E-state index contributed by atoms with van der Waals surface area (Å²) in [6.07, 6.45) is 4.77. The van der Waals surface area contributed by atoms with Crippen molar-refractivity contribution in [1.82, 2.24) is 15.0 Å². The molecule has 2 heterocycles. The monoisotopic (exact) mass is 243 g/mol. The molecular formula is C13H13N3S. The SMILES string of the molecule is SCCc1ncc(-c2c[nH]c3ccccc23)[nH]1. The first-order chi connectivity index (χ1) is 8.38. The van der Waals surface area contributed by atoms with Gasteiger partial charge < -0.3 is 9.97 Å². The van der Waals surface area contributed by atoms with Gasteiger partial charge in [-0.3, -0.25) is 0 Å². The van der Waals surface area contributed by atoms with E-state index in [2.05, 4.69) is 39.7 Å². The van der Waals surface area contributed by atoms with Crippen LogP contribution in [0.25, 0.3) is 22.2 Å². The average molecular weight is 243 g/mol. The van der Waals surface area contributed by atoms with Crippen molar-refractivity contribution >= 4 is 23.5 Å². The van der Waals surface area contributed by atoms with Gasteiger partial charge in [-0.2, -0.15) is 12.6 Å². The van der Waals surface area contributed by atoms with Crippen LogP contribution in [0.2, 0.25) is 0 Å². The van der Waals surface area contributed by atoms with Crippen molar-refractivity contribution in [2.45, 2.75) is 6.42 Å². The van der Waals surface area contributed by atoms with E-state index in [0.29, 0.717) is 0 Å². The molecule has 0 atom stereocenters. The third-order valence-electron chi connectivity index (χ3n) is 2.86. The molecule has 2 aromatic heterocycles. The van der Waals surface area contributed by atoms with E-state index in [4.69, 9.17) is 0 Å². The number of H-pyrrole nitrogens is 2. The van der Waals surface area contributed by atoms with Gasteiger partial charge >= 0.3 is 0 Å². The number of aromatic nitrogens is 3. The molecule has 0 radical (unpaired) electrons. The van der Waals surface area contributed by atoms with Gasteiger partial charge in [0.25, 0.3) is 0 Å². The third kappa shape index (κ3) is 1.85. The van der Waals surface area contributed by atoms with Crippen LogP contribution in [-0.2, 0) is 6.42 Å². The van der Waals surface area contributed by atoms with E-state index in [9.17, 15) is 0 Å². The number of fused-ring (bicyclic) bond motifs is 1. The number of nitrogens with one attached hydrogen (secondary N) is 2. The van der Waals surface area contributed by atoms with Gasteiger partial charge in [0.2, 0.25) is 0 Å². The second-order valence-electron chi connectivity index (χ2n) is 3.97. The molecule has 4 heteroatoms. The highest BCUT2D eigenvalue weighted by Crippen LogP contribution is 2.26. The highest BCUT2D eigenvalue weighted by Gasteiger charge is 2.08. The summed E-state index contributed by atoms with van der Waals surface area (Å²) in [5.74, 6) is 1.79. The Kier molecular flexibility index (Phi) is 2.65. The molecule has 0 fully saturated rings. The second-order valence-corrected chi connectivity index (χ2v) is 4.41. The molecule has 0 bridgehead atoms. The van der Waals surface area contributed by atoms with E-state index in [0.717, 1.165) is 29.2 Å². The van der Waals surface area contributed by atoms with Crippen LogP contribution >= 0.6 is 12.6 Å². The number of aromatic amines is 2. The highest BCUT2D eigenvalue weighted by atomic mass is 32.1. The van der Waals surface area contributed by atoms with Crippen molar-refractivity contribution in [2.75, 3.05) is 5.75 Å². The minimum Gasteiger partial charge on any atom is -0.360 e. The smallest absolute Gasteiger partial charge is 0.107 e. The quantitative estimate of drug-likeness (QED) is 0.608. The van der Waals surface area contributed by atoms with Crippen LogP contribution in [0.4, 0.5) is 0 Å². The number of nitrogens with zero attached hydrogens (tertiary/aromatic N) is 1. The summed E-state index contributed by atoms with van der Waals surface area (Å²) in [6.45, 7) is 0. The number of rotatable bonds is 3. The van der Waals surface area contributed by atoms with Crippen LogP contribution in [-0.4, -0.2) is 20.7 Å². The number of imidazole rings is 1. The van der Waals surface area contributed by atoms with Gasteiger partial charge in [-0.1, -0.05) is 18.2 Å². The van der Waals surface area contributed by atoms with Crippen LogP contribution in [0.5, 0.6) is 0 Å². The Balaban J connectivity index is 2.07. The summed E-state index contributed by atoms with van der Waals surface area (Å²) in [6, 6.07) is 8.26. The van der Waals surface area contributed by atoms with Gasteiger partial charge in [0.15, 0.2) is 0 Å². The zero-order valence-electron chi connectivity index (χ0n) is 9.27. The number of benzene rings is 1. The first-order valence-corrected chi connectivity index (χ1v) is 6.23. The number of para-hydroxylation sites is 1. The second kappa shape index (κ2) is 4.30. The summed E-state index contributed by atoms with van der Waals surface area (Å²) in [5, 5.41) is 1.22. The Morgan fingerprint density at radius 1 is 1.24 bits per heavy atom. The molecule has 0 saturated carbocycles. The van der Waals surface area contributed by atoms with Crippen molar-refractivity contribution in [3.8, 4) is 11.3 Å². The van der Waals surface area contributed by atoms with E-state index in [-0.39, 0.29) is 0 Å². The van der Waals surface area contributed by atoms with E-state index in [1.165, 1.54) is 10.9 Å². The van der Waals surface area contributed by atoms with Gasteiger partial charge in [-0.15, -0.1) is 0 Å². The minimum absolute atomic E-state index is 0.806. The third-order valence-corrected chi connectivity index (χ3v) is 3.08. The summed E-state index contributed by atoms with van der Waals surface area (Å²) >= 11 is 4.21. The van der Waals surface area contributed by atoms with Crippen LogP contribution in [0.15, 0.2) is 36.7 Å². The molecule has 0 saturated heterocycles. The summed E-state index contributed by atoms with van der Waals surface area (Å²) < 4.78 is 0. The number of hydrogen-bond acceptors (Lipinski definition) is 2. The lowest BCUT2D eigenvalue weighted by atomic mass is 10.1. The zero-order chi connectivity index (χ0) is 11.7. The molecule has 0 aliphatic heterocycles. The largest absolute Gasteiger partial charge is 0.360 e. The lowest BCUT2D eigenvalue weighted by molar-refractivity contribution is 1.00. The Morgan fingerprint density at radius 2 is 2.12 bits per heavy atom. The van der Waals surface area contributed by atoms with Gasteiger partial charge in [-0.25, -0.2) is 4.98 Å². The van der Waals surface area contributed by atoms with Crippen LogP contribution < -0.4 is 0 Å². The first kappa shape index (κ1) is 10.5. The normalized spacial score (nSPS) is 11.1. The molecule has 0 amide bonds. The van der Waals surface area contributed by atoms with Crippen LogP contribution in [0.1, 0.15) is 5.82 Å². The molecule has 0 unspecified atom stereocenters. The number of thiol groups is 1. The van der Waals surface area contributed by atoms with Crippen LogP contribution in [0, 0.1) is 0 Å². The molecule has 3 rings (SSSR count). The molecule has 0 spiro atoms. The lowest BCUT2D eigenvalue weighted by Crippen LogP contribution is -1.88. The van der Waals surface area contributed by atoms with E-state index in [1.807, 2.05) is 24.5 Å². The van der Waals surface area contributed by atoms with Crippen molar-refractivity contribution in [3.05, 3.63) is 42.5 Å². The van der Waals surface area contributed by atoms with Crippen molar-refractivity contribution in [1.29, 1.82) is 0 Å². The first-order valence-electron chi connectivity index (χ1n) is 5.59. The molecule has 2 N–H and O–H groups in total. The predicted molar refractivity (Wildman–Crippen MR) is 73.4 cm³/mol. The summed E-state index contributed by atoms with van der Waals surface area (Å²) in [4.78, 5) is 10.9. The van der Waals surface area contributed by atoms with Crippen LogP contribution in [0.3, 0.4) is 0 Å². The maximum atomic E-state index is 4.35. The maximum Gasteiger partial charge on any atom is 0.107 e. The summed E-state index contributed by atoms with van der Waals surface area (Å²) in [7, 11) is 0. The number of aryl methyl sites for hydroxylation is 1. The number of hydrogen-bond donors (Lipinski definition) is 3. The van der Waals surface area contributed by atoms with Gasteiger partial charge in [0.1, 0.15) is 5.82 Å². The Hall–Kier alpha value is -1.68. The maximum absolute atomic E-state index is 4.35. The Labute approximate surface area is 105 Å². The van der Waals surface area contributed by atoms with E-state index < -0.39 is 0 Å². The van der Waals surface area contributed by atoms with E-state index in [1.54, 1.807) is 0 Å². The Bertz CT molecular complexity index is 639. The topological polar surface area (TPSA) is 44.5 Å². The fourth-order valence-corrected chi connectivity index (χ4v) is 2.24. The Morgan fingerprint density at radius 3 is 3.00 bits per heavy atom. The molecule has 3 nitrogen and oxygen atoms in total. The molecule has 0 aliphatic rings. The molecule has 86 valence electrons. The molecule has 0 aliphatic carbocycles. The molecular weight excluding hydrogens is 230 g/mol. The van der Waals surface area contributed by atoms with Crippen molar-refractivity contribution in [2.24, 2.45) is 0 Å². The minimum atomic E-state index is 0.806. The molecule has 1 aromatic carbocycles. The lowest BCUT2D eigenvalue weighted by Gasteiger charge is -1.95. The predicted octanol–water partition coefficient (Wildman–Crippen LogP) is 3.03. The standard InChI is InChI=1S/C13H13N3S/c17-6-5-13-15-8-12(16-13)10-7-14-11-4-2-1-3-9(10)11/h1-4,7-8,14,17H,5-6H2,(H,15,16). The van der Waals surface area contributed by atoms with Crippen molar-refractivity contribution in [3.63, 3.8) is 0 Å².